The Kier molecular flexibility index (Phi) is 9.76. The van der Waals surface area contributed by atoms with Crippen molar-refractivity contribution in [3.8, 4) is 0 Å². The average molecular weight is 420 g/mol. The third kappa shape index (κ3) is 11.3. The molecule has 5 nitrogen and oxygen atoms in total. The van der Waals surface area contributed by atoms with Crippen LogP contribution in [0.4, 0.5) is 0 Å². The Morgan fingerprint density at radius 3 is 2.04 bits per heavy atom. The number of hydrogen-bond donors (Lipinski definition) is 0. The quantitative estimate of drug-likeness (QED) is 0.228. The molecular formula is C20H41NO4SSi. The Labute approximate surface area is 171 Å². The zero-order valence-electron chi connectivity index (χ0n) is 19.3. The highest BCUT2D eigenvalue weighted by atomic mass is 32.2. The molecule has 0 aliphatic heterocycles. The fourth-order valence-electron chi connectivity index (χ4n) is 1.90. The number of ether oxygens (including phenoxy) is 1. The normalized spacial score (nSPS) is 16.4. The lowest BCUT2D eigenvalue weighted by Crippen LogP contribution is -2.44. The molecule has 0 aromatic heterocycles. The van der Waals surface area contributed by atoms with Crippen LogP contribution in [0, 0.1) is 0 Å². The van der Waals surface area contributed by atoms with Crippen molar-refractivity contribution in [2.45, 2.75) is 116 Å². The molecule has 0 radical (unpaired) electrons. The van der Waals surface area contributed by atoms with Gasteiger partial charge in [-0.2, -0.15) is 0 Å². The van der Waals surface area contributed by atoms with E-state index in [1.165, 1.54) is 0 Å². The van der Waals surface area contributed by atoms with Crippen molar-refractivity contribution in [1.82, 2.24) is 0 Å². The molecule has 0 rings (SSSR count). The number of carbonyl (C=O) groups is 1. The first-order chi connectivity index (χ1) is 11.8. The third-order valence-corrected chi connectivity index (χ3v) is 10.3. The molecule has 160 valence electrons. The second-order valence-electron chi connectivity index (χ2n) is 10.5. The van der Waals surface area contributed by atoms with Crippen molar-refractivity contribution in [3.63, 3.8) is 0 Å². The Bertz CT molecular complexity index is 502. The Morgan fingerprint density at radius 2 is 1.63 bits per heavy atom. The van der Waals surface area contributed by atoms with E-state index in [1.807, 2.05) is 41.5 Å². The standard InChI is InChI=1S/C20H41NO4SSi/c1-18(2,3)24-17(22)15-16(25-27(10,11)20(7,8)9)13-12-14-21-26(23)19(4,5)6/h14,16H,12-13,15H2,1-11H3/t16-,26+/m0/s1. The fraction of sp³-hybridized carbons (Fsp3) is 0.900. The number of esters is 1. The molecule has 2 atom stereocenters. The van der Waals surface area contributed by atoms with Gasteiger partial charge in [-0.3, -0.25) is 4.79 Å². The van der Waals surface area contributed by atoms with E-state index in [4.69, 9.17) is 9.16 Å². The molecule has 0 aromatic carbocycles. The van der Waals surface area contributed by atoms with Crippen LogP contribution in [0.15, 0.2) is 4.40 Å². The molecule has 0 heterocycles. The van der Waals surface area contributed by atoms with E-state index in [0.717, 1.165) is 0 Å². The van der Waals surface area contributed by atoms with Gasteiger partial charge in [0.15, 0.2) is 8.32 Å². The summed E-state index contributed by atoms with van der Waals surface area (Å²) in [5.74, 6) is -0.249. The van der Waals surface area contributed by atoms with Gasteiger partial charge in [-0.1, -0.05) is 25.2 Å². The smallest absolute Gasteiger partial charge is 0.308 e. The number of carbonyl (C=O) groups excluding carboxylic acids is 1. The SMILES string of the molecule is CC(C)(C)OC(=O)C[C@H](CCC=N[S@+]([O-])C(C)(C)C)O[Si](C)(C)C(C)(C)C. The lowest BCUT2D eigenvalue weighted by atomic mass is 10.1. The molecule has 0 N–H and O–H groups in total. The maximum Gasteiger partial charge on any atom is 0.308 e. The Hall–Kier alpha value is -0.373. The van der Waals surface area contributed by atoms with Crippen molar-refractivity contribution >= 4 is 31.9 Å². The van der Waals surface area contributed by atoms with Gasteiger partial charge in [-0.25, -0.2) is 0 Å². The van der Waals surface area contributed by atoms with E-state index in [9.17, 15) is 9.35 Å². The summed E-state index contributed by atoms with van der Waals surface area (Å²) in [6, 6.07) is 0. The van der Waals surface area contributed by atoms with E-state index in [2.05, 4.69) is 38.3 Å². The minimum Gasteiger partial charge on any atom is -0.591 e. The van der Waals surface area contributed by atoms with Gasteiger partial charge in [-0.05, 0) is 72.5 Å². The molecule has 0 aliphatic carbocycles. The Balaban J connectivity index is 5.04. The molecule has 0 saturated carbocycles. The summed E-state index contributed by atoms with van der Waals surface area (Å²) in [6.07, 6.45) is 2.95. The number of hydrogen-bond acceptors (Lipinski definition) is 5. The summed E-state index contributed by atoms with van der Waals surface area (Å²) >= 11 is -1.26. The van der Waals surface area contributed by atoms with Crippen molar-refractivity contribution in [2.75, 3.05) is 0 Å². The van der Waals surface area contributed by atoms with Gasteiger partial charge in [-0.15, -0.1) is 0 Å². The van der Waals surface area contributed by atoms with Crippen LogP contribution in [0.3, 0.4) is 0 Å². The maximum absolute atomic E-state index is 12.3. The van der Waals surface area contributed by atoms with Gasteiger partial charge >= 0.3 is 5.97 Å². The number of nitrogens with zero attached hydrogens (tertiary/aromatic N) is 1. The van der Waals surface area contributed by atoms with Crippen LogP contribution in [0.25, 0.3) is 0 Å². The second-order valence-corrected chi connectivity index (χ2v) is 17.2. The van der Waals surface area contributed by atoms with Crippen LogP contribution >= 0.6 is 0 Å². The molecule has 27 heavy (non-hydrogen) atoms. The van der Waals surface area contributed by atoms with Gasteiger partial charge < -0.3 is 13.7 Å². The summed E-state index contributed by atoms with van der Waals surface area (Å²) in [7, 11) is -2.02. The Morgan fingerprint density at radius 1 is 1.11 bits per heavy atom. The first-order valence-corrected chi connectivity index (χ1v) is 13.7. The van der Waals surface area contributed by atoms with E-state index in [1.54, 1.807) is 6.21 Å². The van der Waals surface area contributed by atoms with Crippen LogP contribution in [-0.2, 0) is 25.3 Å². The topological polar surface area (TPSA) is 71.0 Å². The molecular weight excluding hydrogens is 378 g/mol. The summed E-state index contributed by atoms with van der Waals surface area (Å²) in [5.41, 5.74) is -0.510. The summed E-state index contributed by atoms with van der Waals surface area (Å²) in [4.78, 5) is 12.3. The summed E-state index contributed by atoms with van der Waals surface area (Å²) < 4.78 is 27.7. The van der Waals surface area contributed by atoms with Gasteiger partial charge in [0.2, 0.25) is 0 Å². The van der Waals surface area contributed by atoms with Gasteiger partial charge in [0.25, 0.3) is 0 Å². The van der Waals surface area contributed by atoms with Gasteiger partial charge in [0.05, 0.1) is 18.7 Å². The van der Waals surface area contributed by atoms with Crippen molar-refractivity contribution < 1.29 is 18.5 Å². The molecule has 0 amide bonds. The third-order valence-electron chi connectivity index (χ3n) is 4.39. The molecule has 0 saturated heterocycles. The second kappa shape index (κ2) is 9.90. The zero-order valence-corrected chi connectivity index (χ0v) is 21.1. The molecule has 0 bridgehead atoms. The lowest BCUT2D eigenvalue weighted by Gasteiger charge is -2.39. The van der Waals surface area contributed by atoms with Crippen LogP contribution in [-0.4, -0.2) is 41.5 Å². The highest BCUT2D eigenvalue weighted by molar-refractivity contribution is 7.91. The molecule has 0 spiro atoms. The fourth-order valence-corrected chi connectivity index (χ4v) is 3.85. The van der Waals surface area contributed by atoms with E-state index in [-0.39, 0.29) is 28.3 Å². The predicted molar refractivity (Wildman–Crippen MR) is 118 cm³/mol. The maximum atomic E-state index is 12.3. The van der Waals surface area contributed by atoms with Crippen LogP contribution in [0.5, 0.6) is 0 Å². The van der Waals surface area contributed by atoms with Gasteiger partial charge in [0, 0.05) is 0 Å². The van der Waals surface area contributed by atoms with Crippen LogP contribution < -0.4 is 0 Å². The van der Waals surface area contributed by atoms with Crippen molar-refractivity contribution in [2.24, 2.45) is 4.40 Å². The number of rotatable bonds is 8. The largest absolute Gasteiger partial charge is 0.591 e. The minimum atomic E-state index is -2.02. The molecule has 0 fully saturated rings. The average Bonchev–Trinajstić information content (AvgIpc) is 2.37. The first kappa shape index (κ1) is 26.6. The highest BCUT2D eigenvalue weighted by Crippen LogP contribution is 2.38. The molecule has 0 aliphatic rings. The lowest BCUT2D eigenvalue weighted by molar-refractivity contribution is -0.156. The highest BCUT2D eigenvalue weighted by Gasteiger charge is 2.39. The summed E-state index contributed by atoms with van der Waals surface area (Å²) in [5, 5.41) is 0.0566. The van der Waals surface area contributed by atoms with E-state index < -0.39 is 25.3 Å². The van der Waals surface area contributed by atoms with Crippen molar-refractivity contribution in [1.29, 1.82) is 0 Å². The van der Waals surface area contributed by atoms with E-state index in [0.29, 0.717) is 12.8 Å². The summed E-state index contributed by atoms with van der Waals surface area (Å²) in [6.45, 7) is 22.2. The van der Waals surface area contributed by atoms with E-state index >= 15 is 0 Å². The first-order valence-electron chi connectivity index (χ1n) is 9.69. The molecule has 0 aromatic rings. The monoisotopic (exact) mass is 419 g/mol. The molecule has 0 unspecified atom stereocenters. The minimum absolute atomic E-state index is 0.0566. The van der Waals surface area contributed by atoms with Crippen LogP contribution in [0.2, 0.25) is 18.1 Å². The van der Waals surface area contributed by atoms with Gasteiger partial charge in [0.1, 0.15) is 21.7 Å². The van der Waals surface area contributed by atoms with Crippen LogP contribution in [0.1, 0.15) is 81.6 Å². The zero-order chi connectivity index (χ0) is 21.7. The predicted octanol–water partition coefficient (Wildman–Crippen LogP) is 5.42. The van der Waals surface area contributed by atoms with Crippen molar-refractivity contribution in [3.05, 3.63) is 0 Å². The molecule has 7 heteroatoms.